The summed E-state index contributed by atoms with van der Waals surface area (Å²) in [6.07, 6.45) is 0. The van der Waals surface area contributed by atoms with Gasteiger partial charge in [0.2, 0.25) is 0 Å². The Morgan fingerprint density at radius 3 is 2.75 bits per heavy atom. The van der Waals surface area contributed by atoms with Crippen molar-refractivity contribution in [2.24, 2.45) is 5.92 Å². The molecule has 0 amide bonds. The molecule has 0 saturated heterocycles. The van der Waals surface area contributed by atoms with Gasteiger partial charge in [-0.05, 0) is 24.1 Å². The van der Waals surface area contributed by atoms with Crippen LogP contribution in [0.25, 0.3) is 0 Å². The number of hydrogen-bond donors (Lipinski definition) is 1. The number of fused-ring (bicyclic) bond motifs is 1. The lowest BCUT2D eigenvalue weighted by molar-refractivity contribution is 0.531. The summed E-state index contributed by atoms with van der Waals surface area (Å²) < 4.78 is 24.0. The predicted molar refractivity (Wildman–Crippen MR) is 65.8 cm³/mol. The van der Waals surface area contributed by atoms with Gasteiger partial charge in [-0.3, -0.25) is 0 Å². The highest BCUT2D eigenvalue weighted by Crippen LogP contribution is 2.32. The molecule has 0 aromatic heterocycles. The van der Waals surface area contributed by atoms with E-state index in [-0.39, 0.29) is 17.7 Å². The smallest absolute Gasteiger partial charge is 0.182 e. The number of hydrogen-bond acceptors (Lipinski definition) is 3. The molecule has 0 fully saturated rings. The summed E-state index contributed by atoms with van der Waals surface area (Å²) in [7, 11) is -3.17. The molecule has 1 aromatic carbocycles. The van der Waals surface area contributed by atoms with E-state index >= 15 is 0 Å². The number of sulfone groups is 1. The highest BCUT2D eigenvalue weighted by Gasteiger charge is 2.31. The Morgan fingerprint density at radius 1 is 1.44 bits per heavy atom. The van der Waals surface area contributed by atoms with Gasteiger partial charge in [-0.15, -0.1) is 0 Å². The number of anilines is 1. The topological polar surface area (TPSA) is 46.2 Å². The van der Waals surface area contributed by atoms with E-state index in [2.05, 4.69) is 5.32 Å². The molecule has 1 aliphatic heterocycles. The molecule has 5 heteroatoms. The molecule has 0 saturated carbocycles. The predicted octanol–water partition coefficient (Wildman–Crippen LogP) is 2.56. The van der Waals surface area contributed by atoms with Crippen LogP contribution in [0.15, 0.2) is 23.1 Å². The minimum absolute atomic E-state index is 0.0454. The lowest BCUT2D eigenvalue weighted by Crippen LogP contribution is -2.37. The van der Waals surface area contributed by atoms with Gasteiger partial charge in [-0.1, -0.05) is 25.4 Å². The first-order chi connectivity index (χ1) is 7.40. The van der Waals surface area contributed by atoms with Crippen molar-refractivity contribution in [1.82, 2.24) is 0 Å². The summed E-state index contributed by atoms with van der Waals surface area (Å²) in [5, 5.41) is 3.78. The Hall–Kier alpha value is -0.740. The van der Waals surface area contributed by atoms with Crippen molar-refractivity contribution in [2.45, 2.75) is 24.8 Å². The minimum atomic E-state index is -3.17. The van der Waals surface area contributed by atoms with Crippen molar-refractivity contribution >= 4 is 27.1 Å². The molecule has 1 aromatic rings. The van der Waals surface area contributed by atoms with Gasteiger partial charge in [-0.2, -0.15) is 0 Å². The Bertz CT molecular complexity index is 511. The molecule has 3 nitrogen and oxygen atoms in total. The average molecular weight is 260 g/mol. The molecule has 1 atom stereocenters. The van der Waals surface area contributed by atoms with E-state index in [1.807, 2.05) is 13.8 Å². The first kappa shape index (κ1) is 11.7. The third kappa shape index (κ3) is 2.04. The van der Waals surface area contributed by atoms with Gasteiger partial charge in [0.1, 0.15) is 0 Å². The second-order valence-corrected chi connectivity index (χ2v) is 6.86. The quantitative estimate of drug-likeness (QED) is 0.843. The van der Waals surface area contributed by atoms with Gasteiger partial charge < -0.3 is 5.32 Å². The van der Waals surface area contributed by atoms with Crippen molar-refractivity contribution in [1.29, 1.82) is 0 Å². The molecule has 0 aliphatic carbocycles. The van der Waals surface area contributed by atoms with Crippen LogP contribution < -0.4 is 5.32 Å². The molecular weight excluding hydrogens is 246 g/mol. The molecule has 1 heterocycles. The van der Waals surface area contributed by atoms with Crippen molar-refractivity contribution < 1.29 is 8.42 Å². The van der Waals surface area contributed by atoms with Gasteiger partial charge in [0, 0.05) is 11.1 Å². The maximum absolute atomic E-state index is 12.0. The molecule has 0 radical (unpaired) electrons. The van der Waals surface area contributed by atoms with E-state index in [1.54, 1.807) is 18.2 Å². The summed E-state index contributed by atoms with van der Waals surface area (Å²) in [6.45, 7) is 4.01. The fourth-order valence-electron chi connectivity index (χ4n) is 1.81. The van der Waals surface area contributed by atoms with Gasteiger partial charge in [0.05, 0.1) is 16.3 Å². The third-order valence-corrected chi connectivity index (χ3v) is 4.88. The lowest BCUT2D eigenvalue weighted by Gasteiger charge is -2.29. The zero-order valence-electron chi connectivity index (χ0n) is 9.20. The third-order valence-electron chi connectivity index (χ3n) is 2.82. The van der Waals surface area contributed by atoms with Crippen LogP contribution in [0.2, 0.25) is 5.02 Å². The molecule has 1 unspecified atom stereocenters. The van der Waals surface area contributed by atoms with Gasteiger partial charge in [0.25, 0.3) is 0 Å². The van der Waals surface area contributed by atoms with E-state index in [4.69, 9.17) is 11.6 Å². The summed E-state index contributed by atoms with van der Waals surface area (Å²) in [5.41, 5.74) is 0.623. The molecule has 0 spiro atoms. The van der Waals surface area contributed by atoms with Crippen molar-refractivity contribution in [3.63, 3.8) is 0 Å². The summed E-state index contributed by atoms with van der Waals surface area (Å²) in [6, 6.07) is 4.80. The summed E-state index contributed by atoms with van der Waals surface area (Å²) in [4.78, 5) is 0.355. The SMILES string of the molecule is CC(C)C1CS(=O)(=O)c2ccc(Cl)cc2N1. The van der Waals surface area contributed by atoms with Crippen LogP contribution in [0.5, 0.6) is 0 Å². The van der Waals surface area contributed by atoms with Crippen molar-refractivity contribution in [3.8, 4) is 0 Å². The monoisotopic (exact) mass is 259 g/mol. The number of rotatable bonds is 1. The Kier molecular flexibility index (Phi) is 2.88. The molecule has 1 aliphatic rings. The normalized spacial score (nSPS) is 22.6. The van der Waals surface area contributed by atoms with Crippen LogP contribution in [-0.2, 0) is 9.84 Å². The highest BCUT2D eigenvalue weighted by molar-refractivity contribution is 7.91. The Morgan fingerprint density at radius 2 is 2.12 bits per heavy atom. The minimum Gasteiger partial charge on any atom is -0.380 e. The Balaban J connectivity index is 2.52. The summed E-state index contributed by atoms with van der Waals surface area (Å²) in [5.74, 6) is 0.418. The fourth-order valence-corrected chi connectivity index (χ4v) is 3.83. The standard InChI is InChI=1S/C11H14ClNO2S/c1-7(2)10-6-16(14,15)11-4-3-8(12)5-9(11)13-10/h3-5,7,10,13H,6H2,1-2H3. The van der Waals surface area contributed by atoms with Crippen LogP contribution in [0.3, 0.4) is 0 Å². The molecular formula is C11H14ClNO2S. The number of benzene rings is 1. The maximum Gasteiger partial charge on any atom is 0.182 e. The number of halogens is 1. The average Bonchev–Trinajstić information content (AvgIpc) is 2.15. The first-order valence-corrected chi connectivity index (χ1v) is 7.22. The fraction of sp³-hybridized carbons (Fsp3) is 0.455. The molecule has 88 valence electrons. The van der Waals surface area contributed by atoms with Crippen LogP contribution in [0.1, 0.15) is 13.8 Å². The first-order valence-electron chi connectivity index (χ1n) is 5.19. The molecule has 2 rings (SSSR count). The molecule has 1 N–H and O–H groups in total. The molecule has 0 bridgehead atoms. The van der Waals surface area contributed by atoms with Crippen molar-refractivity contribution in [3.05, 3.63) is 23.2 Å². The second-order valence-electron chi connectivity index (χ2n) is 4.42. The van der Waals surface area contributed by atoms with Crippen LogP contribution in [-0.4, -0.2) is 20.2 Å². The van der Waals surface area contributed by atoms with Crippen LogP contribution in [0.4, 0.5) is 5.69 Å². The van der Waals surface area contributed by atoms with E-state index in [0.29, 0.717) is 15.6 Å². The Labute approximate surface area is 101 Å². The van der Waals surface area contributed by atoms with E-state index in [9.17, 15) is 8.42 Å². The zero-order chi connectivity index (χ0) is 11.9. The van der Waals surface area contributed by atoms with Gasteiger partial charge in [-0.25, -0.2) is 8.42 Å². The van der Waals surface area contributed by atoms with E-state index < -0.39 is 9.84 Å². The summed E-state index contributed by atoms with van der Waals surface area (Å²) >= 11 is 5.86. The second kappa shape index (κ2) is 3.93. The van der Waals surface area contributed by atoms with E-state index in [0.717, 1.165) is 0 Å². The van der Waals surface area contributed by atoms with Crippen molar-refractivity contribution in [2.75, 3.05) is 11.1 Å². The molecule has 16 heavy (non-hydrogen) atoms. The van der Waals surface area contributed by atoms with Crippen LogP contribution in [0, 0.1) is 5.92 Å². The maximum atomic E-state index is 12.0. The van der Waals surface area contributed by atoms with Gasteiger partial charge in [0.15, 0.2) is 9.84 Å². The zero-order valence-corrected chi connectivity index (χ0v) is 10.8. The van der Waals surface area contributed by atoms with Crippen LogP contribution >= 0.6 is 11.6 Å². The van der Waals surface area contributed by atoms with Gasteiger partial charge >= 0.3 is 0 Å². The largest absolute Gasteiger partial charge is 0.380 e. The highest BCUT2D eigenvalue weighted by atomic mass is 35.5. The number of nitrogens with one attached hydrogen (secondary N) is 1. The lowest BCUT2D eigenvalue weighted by atomic mass is 10.1. The van der Waals surface area contributed by atoms with E-state index in [1.165, 1.54) is 0 Å².